The molecule has 1 unspecified atom stereocenters. The maximum atomic E-state index is 5.14. The minimum absolute atomic E-state index is 0. The molecule has 2 heterocycles. The van der Waals surface area contributed by atoms with E-state index < -0.39 is 0 Å². The third-order valence-electron chi connectivity index (χ3n) is 7.95. The first-order chi connectivity index (χ1) is 17.9. The van der Waals surface area contributed by atoms with E-state index in [0.29, 0.717) is 12.0 Å². The van der Waals surface area contributed by atoms with E-state index in [2.05, 4.69) is 128 Å². The number of nitrogens with zero attached hydrogens (tertiary/aromatic N) is 3. The monoisotopic (exact) mass is 600 g/mol. The predicted octanol–water partition coefficient (Wildman–Crippen LogP) is 8.37. The lowest BCUT2D eigenvalue weighted by molar-refractivity contribution is 0.0597. The fourth-order valence-electron chi connectivity index (χ4n) is 6.03. The van der Waals surface area contributed by atoms with Gasteiger partial charge in [-0.25, -0.2) is 4.98 Å². The van der Waals surface area contributed by atoms with Gasteiger partial charge in [0.25, 0.3) is 0 Å². The molecule has 0 spiro atoms. The molecule has 0 aliphatic carbocycles. The number of H-pyrrole nitrogens is 1. The highest BCUT2D eigenvalue weighted by Crippen LogP contribution is 2.36. The first-order valence-corrected chi connectivity index (χ1v) is 13.6. The summed E-state index contributed by atoms with van der Waals surface area (Å²) in [5.41, 5.74) is 9.07. The molecule has 1 atom stereocenters. The van der Waals surface area contributed by atoms with Gasteiger partial charge in [0.15, 0.2) is 0 Å². The summed E-state index contributed by atoms with van der Waals surface area (Å²) >= 11 is 0. The lowest BCUT2D eigenvalue weighted by Crippen LogP contribution is -2.50. The Balaban J connectivity index is 0.00000187. The Labute approximate surface area is 258 Å². The van der Waals surface area contributed by atoms with E-state index in [0.717, 1.165) is 37.6 Å². The molecule has 1 aliphatic heterocycles. The van der Waals surface area contributed by atoms with Crippen molar-refractivity contribution in [2.24, 2.45) is 5.92 Å². The van der Waals surface area contributed by atoms with Gasteiger partial charge in [-0.2, -0.15) is 0 Å². The van der Waals surface area contributed by atoms with Crippen molar-refractivity contribution in [2.45, 2.75) is 46.7 Å². The number of aryl methyl sites for hydroxylation is 3. The van der Waals surface area contributed by atoms with Crippen molar-refractivity contribution < 1.29 is 0 Å². The summed E-state index contributed by atoms with van der Waals surface area (Å²) in [6.45, 7) is 15.5. The molecule has 216 valence electrons. The number of rotatable bonds is 7. The predicted molar refractivity (Wildman–Crippen MR) is 175 cm³/mol. The fourth-order valence-corrected chi connectivity index (χ4v) is 6.03. The van der Waals surface area contributed by atoms with Gasteiger partial charge in [-0.15, -0.1) is 37.2 Å². The molecule has 7 heteroatoms. The van der Waals surface area contributed by atoms with Crippen LogP contribution in [0.15, 0.2) is 78.9 Å². The van der Waals surface area contributed by atoms with E-state index in [1.165, 1.54) is 33.6 Å². The zero-order valence-electron chi connectivity index (χ0n) is 24.1. The zero-order chi connectivity index (χ0) is 25.9. The molecule has 1 aromatic heterocycles. The van der Waals surface area contributed by atoms with Crippen molar-refractivity contribution in [1.29, 1.82) is 0 Å². The van der Waals surface area contributed by atoms with Crippen molar-refractivity contribution in [3.05, 3.63) is 113 Å². The van der Waals surface area contributed by atoms with E-state index in [1.807, 2.05) is 0 Å². The van der Waals surface area contributed by atoms with Crippen LogP contribution in [0.2, 0.25) is 0 Å². The molecule has 1 aliphatic rings. The van der Waals surface area contributed by atoms with E-state index >= 15 is 0 Å². The van der Waals surface area contributed by atoms with Crippen LogP contribution in [0.4, 0.5) is 0 Å². The molecular formula is C33H43Cl3N4. The number of piperazine rings is 1. The number of nitrogens with one attached hydrogen (secondary N) is 1. The van der Waals surface area contributed by atoms with Gasteiger partial charge in [0.05, 0.1) is 17.8 Å². The highest BCUT2D eigenvalue weighted by Gasteiger charge is 2.34. The Morgan fingerprint density at radius 2 is 1.12 bits per heavy atom. The van der Waals surface area contributed by atoms with Crippen LogP contribution < -0.4 is 0 Å². The van der Waals surface area contributed by atoms with Crippen LogP contribution in [-0.2, 0) is 0 Å². The van der Waals surface area contributed by atoms with Crippen molar-refractivity contribution in [1.82, 2.24) is 19.8 Å². The molecule has 0 bridgehead atoms. The van der Waals surface area contributed by atoms with Crippen LogP contribution in [-0.4, -0.2) is 45.9 Å². The lowest BCUT2D eigenvalue weighted by Gasteiger charge is -2.44. The summed E-state index contributed by atoms with van der Waals surface area (Å²) in [6, 6.07) is 28.8. The molecule has 1 N–H and O–H groups in total. The third-order valence-corrected chi connectivity index (χ3v) is 7.95. The van der Waals surface area contributed by atoms with Gasteiger partial charge in [-0.3, -0.25) is 9.80 Å². The van der Waals surface area contributed by atoms with Gasteiger partial charge in [0, 0.05) is 37.4 Å². The SMILES string of the molecule is Cc1ccccc1C(c1ccccc1C)N1CCN(C(c2nc(-c3ccccc3)[nH]c2C)C(C)C)CC1.Cl.Cl.Cl. The van der Waals surface area contributed by atoms with E-state index in [-0.39, 0.29) is 43.3 Å². The Morgan fingerprint density at radius 1 is 0.650 bits per heavy atom. The van der Waals surface area contributed by atoms with Crippen molar-refractivity contribution in [2.75, 3.05) is 26.2 Å². The molecular weight excluding hydrogens is 559 g/mol. The Bertz CT molecular complexity index is 1290. The number of benzene rings is 3. The fraction of sp³-hybridized carbons (Fsp3) is 0.364. The molecule has 1 saturated heterocycles. The van der Waals surface area contributed by atoms with E-state index in [4.69, 9.17) is 4.98 Å². The number of halogens is 3. The first-order valence-electron chi connectivity index (χ1n) is 13.6. The number of imidazole rings is 1. The number of hydrogen-bond donors (Lipinski definition) is 1. The minimum atomic E-state index is 0. The smallest absolute Gasteiger partial charge is 0.137 e. The van der Waals surface area contributed by atoms with Crippen LogP contribution in [0.1, 0.15) is 59.6 Å². The Morgan fingerprint density at radius 3 is 1.62 bits per heavy atom. The van der Waals surface area contributed by atoms with Crippen molar-refractivity contribution >= 4 is 37.2 Å². The second kappa shape index (κ2) is 15.0. The average molecular weight is 602 g/mol. The van der Waals surface area contributed by atoms with Crippen LogP contribution >= 0.6 is 37.2 Å². The summed E-state index contributed by atoms with van der Waals surface area (Å²) < 4.78 is 0. The number of aromatic amines is 1. The van der Waals surface area contributed by atoms with E-state index in [9.17, 15) is 0 Å². The molecule has 0 saturated carbocycles. The first kappa shape index (κ1) is 33.9. The molecule has 4 aromatic rings. The summed E-state index contributed by atoms with van der Waals surface area (Å²) in [6.07, 6.45) is 0. The van der Waals surface area contributed by atoms with Gasteiger partial charge >= 0.3 is 0 Å². The van der Waals surface area contributed by atoms with Crippen LogP contribution in [0.3, 0.4) is 0 Å². The third kappa shape index (κ3) is 7.10. The van der Waals surface area contributed by atoms with Crippen molar-refractivity contribution in [3.8, 4) is 11.4 Å². The Hall–Kier alpha value is -2.34. The molecule has 1 fully saturated rings. The van der Waals surface area contributed by atoms with Gasteiger partial charge in [-0.05, 0) is 48.9 Å². The van der Waals surface area contributed by atoms with Gasteiger partial charge in [-0.1, -0.05) is 92.7 Å². The summed E-state index contributed by atoms with van der Waals surface area (Å²) in [5.74, 6) is 1.44. The molecule has 5 rings (SSSR count). The molecule has 4 nitrogen and oxygen atoms in total. The zero-order valence-corrected chi connectivity index (χ0v) is 26.6. The standard InChI is InChI=1S/C33H40N4.3ClH/c1-23(2)31(30-26(5)34-33(35-30)27-15-7-6-8-16-27)36-19-21-37(22-20-36)32(28-17-11-9-13-24(28)3)29-18-12-10-14-25(29)4;;;/h6-18,23,31-32H,19-22H2,1-5H3,(H,34,35);3*1H. The maximum Gasteiger partial charge on any atom is 0.137 e. The molecule has 40 heavy (non-hydrogen) atoms. The second-order valence-corrected chi connectivity index (χ2v) is 10.8. The largest absolute Gasteiger partial charge is 0.342 e. The van der Waals surface area contributed by atoms with Crippen LogP contribution in [0, 0.1) is 26.7 Å². The maximum absolute atomic E-state index is 5.14. The van der Waals surface area contributed by atoms with Crippen molar-refractivity contribution in [3.63, 3.8) is 0 Å². The highest BCUT2D eigenvalue weighted by molar-refractivity contribution is 5.86. The normalized spacial score (nSPS) is 14.8. The second-order valence-electron chi connectivity index (χ2n) is 10.8. The number of aromatic nitrogens is 2. The highest BCUT2D eigenvalue weighted by atomic mass is 35.5. The average Bonchev–Trinajstić information content (AvgIpc) is 3.28. The van der Waals surface area contributed by atoms with E-state index in [1.54, 1.807) is 0 Å². The quantitative estimate of drug-likeness (QED) is 0.231. The molecule has 0 radical (unpaired) electrons. The number of hydrogen-bond acceptors (Lipinski definition) is 3. The van der Waals surface area contributed by atoms with Crippen LogP contribution in [0.25, 0.3) is 11.4 Å². The minimum Gasteiger partial charge on any atom is -0.342 e. The summed E-state index contributed by atoms with van der Waals surface area (Å²) in [7, 11) is 0. The lowest BCUT2D eigenvalue weighted by atomic mass is 9.90. The van der Waals surface area contributed by atoms with Gasteiger partial charge < -0.3 is 4.98 Å². The Kier molecular flexibility index (Phi) is 12.7. The van der Waals surface area contributed by atoms with Crippen LogP contribution in [0.5, 0.6) is 0 Å². The topological polar surface area (TPSA) is 35.2 Å². The molecule has 3 aromatic carbocycles. The van der Waals surface area contributed by atoms with Gasteiger partial charge in [0.2, 0.25) is 0 Å². The summed E-state index contributed by atoms with van der Waals surface area (Å²) in [4.78, 5) is 14.1. The van der Waals surface area contributed by atoms with Gasteiger partial charge in [0.1, 0.15) is 5.82 Å². The summed E-state index contributed by atoms with van der Waals surface area (Å²) in [5, 5.41) is 0. The molecule has 0 amide bonds.